The first-order chi connectivity index (χ1) is 8.02. The van der Waals surface area contributed by atoms with Gasteiger partial charge in [0.05, 0.1) is 11.5 Å². The van der Waals surface area contributed by atoms with Crippen molar-refractivity contribution >= 4 is 15.5 Å². The Labute approximate surface area is 103 Å². The zero-order chi connectivity index (χ0) is 12.5. The Bertz CT molecular complexity index is 508. The van der Waals surface area contributed by atoms with Crippen LogP contribution in [-0.4, -0.2) is 26.0 Å². The standard InChI is InChI=1S/C13H19NO2S/c1-3-11-6-4-5-10(2)13(11)14-12-7-8-17(15,16)9-12/h4-6,12,14H,3,7-9H2,1-2H3. The van der Waals surface area contributed by atoms with Crippen LogP contribution in [0, 0.1) is 6.92 Å². The molecule has 1 aromatic carbocycles. The Hall–Kier alpha value is -1.03. The maximum atomic E-state index is 11.4. The van der Waals surface area contributed by atoms with Crippen LogP contribution in [0.2, 0.25) is 0 Å². The van der Waals surface area contributed by atoms with Crippen molar-refractivity contribution in [3.05, 3.63) is 29.3 Å². The summed E-state index contributed by atoms with van der Waals surface area (Å²) in [6.07, 6.45) is 1.68. The minimum absolute atomic E-state index is 0.0754. The summed E-state index contributed by atoms with van der Waals surface area (Å²) in [5, 5.41) is 3.41. The second kappa shape index (κ2) is 4.69. The third-order valence-corrected chi connectivity index (χ3v) is 5.09. The topological polar surface area (TPSA) is 46.2 Å². The summed E-state index contributed by atoms with van der Waals surface area (Å²) >= 11 is 0. The van der Waals surface area contributed by atoms with Gasteiger partial charge in [-0.1, -0.05) is 25.1 Å². The minimum Gasteiger partial charge on any atom is -0.381 e. The predicted octanol–water partition coefficient (Wildman–Crippen LogP) is 2.16. The lowest BCUT2D eigenvalue weighted by molar-refractivity contribution is 0.602. The minimum atomic E-state index is -2.81. The summed E-state index contributed by atoms with van der Waals surface area (Å²) in [6.45, 7) is 4.18. The van der Waals surface area contributed by atoms with E-state index in [2.05, 4.69) is 31.3 Å². The van der Waals surface area contributed by atoms with Gasteiger partial charge in [-0.3, -0.25) is 0 Å². The van der Waals surface area contributed by atoms with Crippen molar-refractivity contribution in [2.45, 2.75) is 32.7 Å². The fourth-order valence-corrected chi connectivity index (χ4v) is 4.02. The maximum Gasteiger partial charge on any atom is 0.152 e. The molecule has 0 radical (unpaired) electrons. The molecule has 0 spiro atoms. The fourth-order valence-electron chi connectivity index (χ4n) is 2.34. The zero-order valence-corrected chi connectivity index (χ0v) is 11.2. The molecule has 1 aliphatic heterocycles. The Balaban J connectivity index is 2.19. The molecular formula is C13H19NO2S. The lowest BCUT2D eigenvalue weighted by Crippen LogP contribution is -2.21. The molecule has 1 aromatic rings. The van der Waals surface area contributed by atoms with Crippen molar-refractivity contribution in [1.82, 2.24) is 0 Å². The van der Waals surface area contributed by atoms with E-state index in [1.54, 1.807) is 0 Å². The Morgan fingerprint density at radius 3 is 2.76 bits per heavy atom. The predicted molar refractivity (Wildman–Crippen MR) is 71.2 cm³/mol. The van der Waals surface area contributed by atoms with Crippen LogP contribution in [0.5, 0.6) is 0 Å². The van der Waals surface area contributed by atoms with Crippen molar-refractivity contribution in [2.75, 3.05) is 16.8 Å². The molecular weight excluding hydrogens is 234 g/mol. The number of anilines is 1. The van der Waals surface area contributed by atoms with Crippen molar-refractivity contribution in [3.63, 3.8) is 0 Å². The molecule has 94 valence electrons. The molecule has 0 aliphatic carbocycles. The van der Waals surface area contributed by atoms with E-state index < -0.39 is 9.84 Å². The maximum absolute atomic E-state index is 11.4. The number of rotatable bonds is 3. The second-order valence-corrected chi connectivity index (χ2v) is 6.94. The molecule has 4 heteroatoms. The first kappa shape index (κ1) is 12.4. The number of hydrogen-bond acceptors (Lipinski definition) is 3. The van der Waals surface area contributed by atoms with Crippen LogP contribution < -0.4 is 5.32 Å². The van der Waals surface area contributed by atoms with Gasteiger partial charge in [-0.05, 0) is 30.9 Å². The molecule has 1 atom stereocenters. The molecule has 17 heavy (non-hydrogen) atoms. The van der Waals surface area contributed by atoms with E-state index in [0.717, 1.165) is 18.5 Å². The third-order valence-electron chi connectivity index (χ3n) is 3.32. The molecule has 1 aliphatic rings. The van der Waals surface area contributed by atoms with Gasteiger partial charge >= 0.3 is 0 Å². The number of hydrogen-bond donors (Lipinski definition) is 1. The summed E-state index contributed by atoms with van der Waals surface area (Å²) < 4.78 is 22.9. The first-order valence-corrected chi connectivity index (χ1v) is 7.89. The van der Waals surface area contributed by atoms with E-state index in [-0.39, 0.29) is 11.8 Å². The van der Waals surface area contributed by atoms with Gasteiger partial charge in [0.25, 0.3) is 0 Å². The average Bonchev–Trinajstić information content (AvgIpc) is 2.61. The molecule has 1 N–H and O–H groups in total. The first-order valence-electron chi connectivity index (χ1n) is 6.07. The van der Waals surface area contributed by atoms with Gasteiger partial charge in [0.1, 0.15) is 0 Å². The Morgan fingerprint density at radius 2 is 2.18 bits per heavy atom. The van der Waals surface area contributed by atoms with Crippen molar-refractivity contribution in [1.29, 1.82) is 0 Å². The highest BCUT2D eigenvalue weighted by Gasteiger charge is 2.28. The molecule has 1 unspecified atom stereocenters. The molecule has 0 bridgehead atoms. The summed E-state index contributed by atoms with van der Waals surface area (Å²) in [5.41, 5.74) is 3.57. The normalized spacial score (nSPS) is 22.6. The molecule has 1 heterocycles. The second-order valence-electron chi connectivity index (χ2n) is 4.71. The number of para-hydroxylation sites is 1. The molecule has 3 nitrogen and oxygen atoms in total. The van der Waals surface area contributed by atoms with Crippen molar-refractivity contribution in [3.8, 4) is 0 Å². The van der Waals surface area contributed by atoms with Gasteiger partial charge in [0.2, 0.25) is 0 Å². The smallest absolute Gasteiger partial charge is 0.152 e. The summed E-state index contributed by atoms with van der Waals surface area (Å²) in [7, 11) is -2.81. The molecule has 0 aromatic heterocycles. The van der Waals surface area contributed by atoms with E-state index in [1.165, 1.54) is 11.1 Å². The van der Waals surface area contributed by atoms with Crippen LogP contribution in [0.25, 0.3) is 0 Å². The number of nitrogens with one attached hydrogen (secondary N) is 1. The van der Waals surface area contributed by atoms with Crippen molar-refractivity contribution in [2.24, 2.45) is 0 Å². The highest BCUT2D eigenvalue weighted by atomic mass is 32.2. The highest BCUT2D eigenvalue weighted by Crippen LogP contribution is 2.24. The van der Waals surface area contributed by atoms with Crippen LogP contribution in [0.4, 0.5) is 5.69 Å². The van der Waals surface area contributed by atoms with E-state index in [1.807, 2.05) is 6.07 Å². The summed E-state index contributed by atoms with van der Waals surface area (Å²) in [4.78, 5) is 0. The Morgan fingerprint density at radius 1 is 1.41 bits per heavy atom. The van der Waals surface area contributed by atoms with Gasteiger partial charge in [-0.25, -0.2) is 8.42 Å². The average molecular weight is 253 g/mol. The van der Waals surface area contributed by atoms with Gasteiger partial charge in [-0.15, -0.1) is 0 Å². The number of benzene rings is 1. The molecule has 1 saturated heterocycles. The largest absolute Gasteiger partial charge is 0.381 e. The number of aryl methyl sites for hydroxylation is 2. The van der Waals surface area contributed by atoms with E-state index >= 15 is 0 Å². The molecule has 0 amide bonds. The van der Waals surface area contributed by atoms with Gasteiger partial charge in [0.15, 0.2) is 9.84 Å². The van der Waals surface area contributed by atoms with Crippen LogP contribution in [0.1, 0.15) is 24.5 Å². The fraction of sp³-hybridized carbons (Fsp3) is 0.538. The SMILES string of the molecule is CCc1cccc(C)c1NC1CCS(=O)(=O)C1. The highest BCUT2D eigenvalue weighted by molar-refractivity contribution is 7.91. The monoisotopic (exact) mass is 253 g/mol. The Kier molecular flexibility index (Phi) is 3.43. The summed E-state index contributed by atoms with van der Waals surface area (Å²) in [5.74, 6) is 0.586. The van der Waals surface area contributed by atoms with E-state index in [4.69, 9.17) is 0 Å². The number of sulfone groups is 1. The lowest BCUT2D eigenvalue weighted by Gasteiger charge is -2.18. The third kappa shape index (κ3) is 2.80. The quantitative estimate of drug-likeness (QED) is 0.898. The van der Waals surface area contributed by atoms with Crippen molar-refractivity contribution < 1.29 is 8.42 Å². The van der Waals surface area contributed by atoms with Crippen LogP contribution in [-0.2, 0) is 16.3 Å². The van der Waals surface area contributed by atoms with Crippen LogP contribution in [0.15, 0.2) is 18.2 Å². The van der Waals surface area contributed by atoms with Gasteiger partial charge < -0.3 is 5.32 Å². The van der Waals surface area contributed by atoms with Crippen LogP contribution in [0.3, 0.4) is 0 Å². The van der Waals surface area contributed by atoms with E-state index in [0.29, 0.717) is 5.75 Å². The van der Waals surface area contributed by atoms with Gasteiger partial charge in [-0.2, -0.15) is 0 Å². The summed E-state index contributed by atoms with van der Waals surface area (Å²) in [6, 6.07) is 6.28. The lowest BCUT2D eigenvalue weighted by atomic mass is 10.0. The van der Waals surface area contributed by atoms with E-state index in [9.17, 15) is 8.42 Å². The van der Waals surface area contributed by atoms with Crippen LogP contribution >= 0.6 is 0 Å². The molecule has 0 saturated carbocycles. The molecule has 1 fully saturated rings. The zero-order valence-electron chi connectivity index (χ0n) is 10.4. The molecule has 2 rings (SSSR count). The van der Waals surface area contributed by atoms with Gasteiger partial charge in [0, 0.05) is 11.7 Å².